The van der Waals surface area contributed by atoms with Gasteiger partial charge < -0.3 is 14.6 Å². The summed E-state index contributed by atoms with van der Waals surface area (Å²) < 4.78 is 11.8. The predicted octanol–water partition coefficient (Wildman–Crippen LogP) is 4.46. The van der Waals surface area contributed by atoms with Crippen LogP contribution in [-0.4, -0.2) is 23.7 Å². The van der Waals surface area contributed by atoms with Crippen LogP contribution in [0.1, 0.15) is 22.8 Å². The molecule has 0 radical (unpaired) electrons. The number of esters is 1. The first kappa shape index (κ1) is 18.5. The van der Waals surface area contributed by atoms with Gasteiger partial charge in [0.2, 0.25) is 0 Å². The molecule has 0 aliphatic carbocycles. The van der Waals surface area contributed by atoms with E-state index in [4.69, 9.17) is 14.6 Å². The molecule has 0 atom stereocenters. The highest BCUT2D eigenvalue weighted by atomic mass is 79.9. The van der Waals surface area contributed by atoms with Gasteiger partial charge in [0, 0.05) is 4.47 Å². The third-order valence-corrected chi connectivity index (χ3v) is 4.26. The van der Waals surface area contributed by atoms with Gasteiger partial charge in [-0.05, 0) is 58.2 Å². The van der Waals surface area contributed by atoms with Gasteiger partial charge in [0.05, 0.1) is 4.47 Å². The summed E-state index contributed by atoms with van der Waals surface area (Å²) in [5, 5.41) is 9.15. The van der Waals surface area contributed by atoms with Crippen molar-refractivity contribution in [3.63, 3.8) is 0 Å². The van der Waals surface area contributed by atoms with Gasteiger partial charge in [0.1, 0.15) is 17.1 Å². The molecule has 0 saturated heterocycles. The van der Waals surface area contributed by atoms with E-state index in [9.17, 15) is 9.59 Å². The van der Waals surface area contributed by atoms with Crippen molar-refractivity contribution in [3.05, 3.63) is 56.5 Å². The van der Waals surface area contributed by atoms with Gasteiger partial charge in [-0.1, -0.05) is 28.9 Å². The van der Waals surface area contributed by atoms with Crippen LogP contribution in [0.25, 0.3) is 0 Å². The molecule has 24 heavy (non-hydrogen) atoms. The SMILES string of the molecule is CCc1ccc(OCC(=O)Oc2ccc(Br)cc2C(=O)O)c(Br)c1. The van der Waals surface area contributed by atoms with Crippen LogP contribution in [-0.2, 0) is 11.2 Å². The van der Waals surface area contributed by atoms with Gasteiger partial charge in [-0.15, -0.1) is 0 Å². The van der Waals surface area contributed by atoms with Gasteiger partial charge in [-0.2, -0.15) is 0 Å². The lowest BCUT2D eigenvalue weighted by molar-refractivity contribution is -0.136. The number of hydrogen-bond acceptors (Lipinski definition) is 4. The average molecular weight is 458 g/mol. The largest absolute Gasteiger partial charge is 0.481 e. The molecule has 0 aliphatic rings. The topological polar surface area (TPSA) is 72.8 Å². The number of benzene rings is 2. The molecule has 2 rings (SSSR count). The Morgan fingerprint density at radius 2 is 1.79 bits per heavy atom. The number of aromatic carboxylic acids is 1. The van der Waals surface area contributed by atoms with E-state index in [0.29, 0.717) is 10.2 Å². The number of rotatable bonds is 6. The molecule has 0 fully saturated rings. The van der Waals surface area contributed by atoms with Crippen molar-refractivity contribution in [2.75, 3.05) is 6.61 Å². The molecule has 2 aromatic carbocycles. The number of halogens is 2. The Hall–Kier alpha value is -1.86. The Balaban J connectivity index is 2.03. The number of carboxylic acids is 1. The molecule has 126 valence electrons. The quantitative estimate of drug-likeness (QED) is 0.512. The van der Waals surface area contributed by atoms with Crippen molar-refractivity contribution in [2.24, 2.45) is 0 Å². The number of ether oxygens (including phenoxy) is 2. The van der Waals surface area contributed by atoms with Crippen molar-refractivity contribution < 1.29 is 24.2 Å². The predicted molar refractivity (Wildman–Crippen MR) is 95.8 cm³/mol. The highest BCUT2D eigenvalue weighted by molar-refractivity contribution is 9.10. The molecule has 0 heterocycles. The molecule has 7 heteroatoms. The zero-order valence-electron chi connectivity index (χ0n) is 12.7. The van der Waals surface area contributed by atoms with Gasteiger partial charge in [-0.3, -0.25) is 0 Å². The van der Waals surface area contributed by atoms with E-state index in [1.54, 1.807) is 12.1 Å². The molecule has 0 bridgehead atoms. The van der Waals surface area contributed by atoms with Crippen LogP contribution in [0, 0.1) is 0 Å². The lowest BCUT2D eigenvalue weighted by Crippen LogP contribution is -2.19. The summed E-state index contributed by atoms with van der Waals surface area (Å²) in [6.07, 6.45) is 0.891. The number of carbonyl (C=O) groups is 2. The molecule has 0 aliphatic heterocycles. The molecular weight excluding hydrogens is 444 g/mol. The first-order chi connectivity index (χ1) is 11.4. The Bertz CT molecular complexity index is 774. The second-order valence-electron chi connectivity index (χ2n) is 4.83. The first-order valence-corrected chi connectivity index (χ1v) is 8.64. The van der Waals surface area contributed by atoms with Gasteiger partial charge in [-0.25, -0.2) is 9.59 Å². The van der Waals surface area contributed by atoms with Crippen molar-refractivity contribution >= 4 is 43.8 Å². The third kappa shape index (κ3) is 4.82. The Kier molecular flexibility index (Phi) is 6.39. The van der Waals surface area contributed by atoms with Gasteiger partial charge in [0.25, 0.3) is 0 Å². The summed E-state index contributed by atoms with van der Waals surface area (Å²) in [5.74, 6) is -1.39. The Morgan fingerprint density at radius 1 is 1.08 bits per heavy atom. The zero-order valence-corrected chi connectivity index (χ0v) is 15.9. The summed E-state index contributed by atoms with van der Waals surface area (Å²) in [7, 11) is 0. The Labute approximate surface area is 155 Å². The Morgan fingerprint density at radius 3 is 2.42 bits per heavy atom. The van der Waals surface area contributed by atoms with Crippen LogP contribution >= 0.6 is 31.9 Å². The van der Waals surface area contributed by atoms with E-state index in [1.807, 2.05) is 19.1 Å². The highest BCUT2D eigenvalue weighted by Crippen LogP contribution is 2.27. The number of hydrogen-bond donors (Lipinski definition) is 1. The molecular formula is C17H14Br2O5. The first-order valence-electron chi connectivity index (χ1n) is 7.05. The van der Waals surface area contributed by atoms with Crippen molar-refractivity contribution in [1.82, 2.24) is 0 Å². The number of aryl methyl sites for hydroxylation is 1. The molecule has 0 spiro atoms. The van der Waals surface area contributed by atoms with E-state index in [2.05, 4.69) is 31.9 Å². The summed E-state index contributed by atoms with van der Waals surface area (Å²) in [6.45, 7) is 1.71. The van der Waals surface area contributed by atoms with Crippen LogP contribution < -0.4 is 9.47 Å². The maximum Gasteiger partial charge on any atom is 0.349 e. The van der Waals surface area contributed by atoms with Crippen molar-refractivity contribution in [2.45, 2.75) is 13.3 Å². The average Bonchev–Trinajstić information content (AvgIpc) is 2.55. The fourth-order valence-corrected chi connectivity index (χ4v) is 2.83. The van der Waals surface area contributed by atoms with Crippen LogP contribution in [0.5, 0.6) is 11.5 Å². The van der Waals surface area contributed by atoms with E-state index < -0.39 is 11.9 Å². The molecule has 2 aromatic rings. The smallest absolute Gasteiger partial charge is 0.349 e. The van der Waals surface area contributed by atoms with Crippen molar-refractivity contribution in [1.29, 1.82) is 0 Å². The van der Waals surface area contributed by atoms with Crippen LogP contribution in [0.15, 0.2) is 45.3 Å². The van der Waals surface area contributed by atoms with Crippen molar-refractivity contribution in [3.8, 4) is 11.5 Å². The minimum absolute atomic E-state index is 0.0281. The van der Waals surface area contributed by atoms with Crippen LogP contribution in [0.2, 0.25) is 0 Å². The summed E-state index contributed by atoms with van der Waals surface area (Å²) in [6, 6.07) is 9.96. The van der Waals surface area contributed by atoms with E-state index in [-0.39, 0.29) is 17.9 Å². The fourth-order valence-electron chi connectivity index (χ4n) is 1.93. The molecule has 0 aromatic heterocycles. The molecule has 5 nitrogen and oxygen atoms in total. The van der Waals surface area contributed by atoms with Crippen LogP contribution in [0.3, 0.4) is 0 Å². The van der Waals surface area contributed by atoms with Gasteiger partial charge in [0.15, 0.2) is 6.61 Å². The summed E-state index contributed by atoms with van der Waals surface area (Å²) in [5.41, 5.74) is 1.03. The van der Waals surface area contributed by atoms with Crippen LogP contribution in [0.4, 0.5) is 0 Å². The minimum Gasteiger partial charge on any atom is -0.481 e. The fraction of sp³-hybridized carbons (Fsp3) is 0.176. The summed E-state index contributed by atoms with van der Waals surface area (Å²) in [4.78, 5) is 23.1. The molecule has 0 saturated carbocycles. The second-order valence-corrected chi connectivity index (χ2v) is 6.60. The molecule has 0 amide bonds. The maximum atomic E-state index is 11.9. The minimum atomic E-state index is -1.18. The van der Waals surface area contributed by atoms with Gasteiger partial charge >= 0.3 is 11.9 Å². The summed E-state index contributed by atoms with van der Waals surface area (Å²) >= 11 is 6.56. The maximum absolute atomic E-state index is 11.9. The third-order valence-electron chi connectivity index (χ3n) is 3.15. The van der Waals surface area contributed by atoms with E-state index in [0.717, 1.165) is 16.5 Å². The molecule has 1 N–H and O–H groups in total. The second kappa shape index (κ2) is 8.30. The lowest BCUT2D eigenvalue weighted by Gasteiger charge is -2.10. The molecule has 0 unspecified atom stereocenters. The standard InChI is InChI=1S/C17H14Br2O5/c1-2-10-3-5-15(13(19)7-10)23-9-16(20)24-14-6-4-11(18)8-12(14)17(21)22/h3-8H,2,9H2,1H3,(H,21,22). The van der Waals surface area contributed by atoms with E-state index in [1.165, 1.54) is 12.1 Å². The normalized spacial score (nSPS) is 10.3. The number of carbonyl (C=O) groups excluding carboxylic acids is 1. The lowest BCUT2D eigenvalue weighted by atomic mass is 10.2. The highest BCUT2D eigenvalue weighted by Gasteiger charge is 2.16. The number of carboxylic acid groups (broad SMARTS) is 1. The van der Waals surface area contributed by atoms with E-state index >= 15 is 0 Å². The monoisotopic (exact) mass is 456 g/mol. The zero-order chi connectivity index (χ0) is 17.7.